The van der Waals surface area contributed by atoms with Crippen molar-refractivity contribution in [2.75, 3.05) is 0 Å². The quantitative estimate of drug-likeness (QED) is 0.870. The maximum Gasteiger partial charge on any atom is 0.122 e. The Morgan fingerprint density at radius 2 is 2.00 bits per heavy atom. The molecule has 0 aliphatic heterocycles. The van der Waals surface area contributed by atoms with Gasteiger partial charge in [-0.15, -0.1) is 11.3 Å². The molecule has 2 aromatic rings. The highest BCUT2D eigenvalue weighted by Crippen LogP contribution is 2.21. The van der Waals surface area contributed by atoms with E-state index in [1.165, 1.54) is 9.75 Å². The van der Waals surface area contributed by atoms with E-state index in [4.69, 9.17) is 0 Å². The van der Waals surface area contributed by atoms with Crippen molar-refractivity contribution >= 4 is 11.3 Å². The van der Waals surface area contributed by atoms with Crippen molar-refractivity contribution in [3.63, 3.8) is 0 Å². The van der Waals surface area contributed by atoms with Crippen LogP contribution in [-0.4, -0.2) is 11.1 Å². The Bertz CT molecular complexity index is 547. The van der Waals surface area contributed by atoms with Crippen molar-refractivity contribution in [3.05, 3.63) is 51.2 Å². The summed E-state index contributed by atoms with van der Waals surface area (Å²) in [6.45, 7) is 6.95. The van der Waals surface area contributed by atoms with E-state index in [2.05, 4.69) is 31.3 Å². The van der Waals surface area contributed by atoms with Crippen LogP contribution in [0.25, 0.3) is 0 Å². The lowest BCUT2D eigenvalue weighted by atomic mass is 10.1. The number of phenolic OH excluding ortho intramolecular Hbond substituents is 1. The molecule has 0 bridgehead atoms. The van der Waals surface area contributed by atoms with E-state index in [1.54, 1.807) is 0 Å². The van der Waals surface area contributed by atoms with Crippen molar-refractivity contribution in [3.8, 4) is 5.75 Å². The van der Waals surface area contributed by atoms with Gasteiger partial charge in [-0.25, -0.2) is 0 Å². The molecule has 102 valence electrons. The van der Waals surface area contributed by atoms with Gasteiger partial charge in [-0.2, -0.15) is 0 Å². The lowest BCUT2D eigenvalue weighted by Gasteiger charge is -2.14. The van der Waals surface area contributed by atoms with E-state index < -0.39 is 0 Å². The van der Waals surface area contributed by atoms with Crippen LogP contribution < -0.4 is 5.32 Å². The van der Waals surface area contributed by atoms with Crippen molar-refractivity contribution in [2.45, 2.75) is 39.8 Å². The molecule has 1 heterocycles. The van der Waals surface area contributed by atoms with Gasteiger partial charge in [0.1, 0.15) is 5.75 Å². The molecule has 0 saturated heterocycles. The van der Waals surface area contributed by atoms with E-state index in [0.717, 1.165) is 17.5 Å². The van der Waals surface area contributed by atoms with E-state index in [9.17, 15) is 5.11 Å². The Morgan fingerprint density at radius 3 is 2.68 bits per heavy atom. The maximum atomic E-state index is 9.97. The number of rotatable bonds is 5. The van der Waals surface area contributed by atoms with Crippen molar-refractivity contribution in [1.82, 2.24) is 5.32 Å². The second-order valence-electron chi connectivity index (χ2n) is 5.08. The number of hydrogen-bond donors (Lipinski definition) is 2. The van der Waals surface area contributed by atoms with Crippen LogP contribution in [0.5, 0.6) is 5.75 Å². The van der Waals surface area contributed by atoms with Gasteiger partial charge in [0.15, 0.2) is 0 Å². The highest BCUT2D eigenvalue weighted by Gasteiger charge is 2.07. The predicted octanol–water partition coefficient (Wildman–Crippen LogP) is 3.79. The number of aromatic hydroxyl groups is 1. The highest BCUT2D eigenvalue weighted by atomic mass is 32.1. The largest absolute Gasteiger partial charge is 0.507 e. The third-order valence-corrected chi connectivity index (χ3v) is 4.29. The zero-order valence-corrected chi connectivity index (χ0v) is 12.6. The van der Waals surface area contributed by atoms with E-state index in [-0.39, 0.29) is 0 Å². The summed E-state index contributed by atoms with van der Waals surface area (Å²) in [6, 6.07) is 10.6. The first-order valence-electron chi connectivity index (χ1n) is 6.62. The molecule has 0 saturated carbocycles. The molecule has 2 rings (SSSR count). The first-order valence-corrected chi connectivity index (χ1v) is 7.44. The Morgan fingerprint density at radius 1 is 1.21 bits per heavy atom. The summed E-state index contributed by atoms with van der Waals surface area (Å²) >= 11 is 1.85. The van der Waals surface area contributed by atoms with Crippen LogP contribution >= 0.6 is 11.3 Å². The van der Waals surface area contributed by atoms with Gasteiger partial charge in [0, 0.05) is 27.9 Å². The molecule has 2 N–H and O–H groups in total. The Hall–Kier alpha value is -1.32. The SMILES string of the molecule is Cc1ccc(CC(C)NCc2cccc(C)c2O)s1. The Labute approximate surface area is 119 Å². The number of nitrogens with one attached hydrogen (secondary N) is 1. The van der Waals surface area contributed by atoms with E-state index >= 15 is 0 Å². The Kier molecular flexibility index (Phi) is 4.61. The second-order valence-corrected chi connectivity index (χ2v) is 6.45. The molecule has 0 aliphatic carbocycles. The number of aryl methyl sites for hydroxylation is 2. The number of thiophene rings is 1. The summed E-state index contributed by atoms with van der Waals surface area (Å²) in [7, 11) is 0. The fourth-order valence-electron chi connectivity index (χ4n) is 2.12. The molecule has 0 aliphatic rings. The summed E-state index contributed by atoms with van der Waals surface area (Å²) in [6.07, 6.45) is 1.03. The zero-order valence-electron chi connectivity index (χ0n) is 11.7. The zero-order chi connectivity index (χ0) is 13.8. The number of hydrogen-bond acceptors (Lipinski definition) is 3. The average molecular weight is 275 g/mol. The minimum absolute atomic E-state index is 0.401. The molecule has 0 amide bonds. The molecule has 0 radical (unpaired) electrons. The van der Waals surface area contributed by atoms with Crippen LogP contribution in [0.1, 0.15) is 27.8 Å². The topological polar surface area (TPSA) is 32.3 Å². The third kappa shape index (κ3) is 3.82. The van der Waals surface area contributed by atoms with Crippen LogP contribution in [0, 0.1) is 13.8 Å². The number of benzene rings is 1. The molecule has 1 aromatic carbocycles. The average Bonchev–Trinajstić information content (AvgIpc) is 2.76. The molecule has 0 spiro atoms. The summed E-state index contributed by atoms with van der Waals surface area (Å²) in [5, 5.41) is 13.4. The molecule has 1 atom stereocenters. The molecule has 1 unspecified atom stereocenters. The fraction of sp³-hybridized carbons (Fsp3) is 0.375. The fourth-order valence-corrected chi connectivity index (χ4v) is 3.13. The third-order valence-electron chi connectivity index (χ3n) is 3.27. The van der Waals surface area contributed by atoms with Gasteiger partial charge >= 0.3 is 0 Å². The van der Waals surface area contributed by atoms with Gasteiger partial charge in [-0.1, -0.05) is 18.2 Å². The summed E-state index contributed by atoms with van der Waals surface area (Å²) < 4.78 is 0. The summed E-state index contributed by atoms with van der Waals surface area (Å²) in [5.74, 6) is 0.411. The second kappa shape index (κ2) is 6.22. The van der Waals surface area contributed by atoms with Gasteiger partial charge in [0.25, 0.3) is 0 Å². The van der Waals surface area contributed by atoms with E-state index in [1.807, 2.05) is 36.5 Å². The smallest absolute Gasteiger partial charge is 0.122 e. The lowest BCUT2D eigenvalue weighted by molar-refractivity contribution is 0.455. The van der Waals surface area contributed by atoms with Crippen LogP contribution in [0.4, 0.5) is 0 Å². The van der Waals surface area contributed by atoms with Gasteiger partial charge in [0.2, 0.25) is 0 Å². The monoisotopic (exact) mass is 275 g/mol. The first-order chi connectivity index (χ1) is 9.06. The van der Waals surface area contributed by atoms with Gasteiger partial charge in [-0.05, 0) is 44.9 Å². The standard InChI is InChI=1S/C16H21NOS/c1-11-5-4-6-14(16(11)18)10-17-12(2)9-15-8-7-13(3)19-15/h4-8,12,17-18H,9-10H2,1-3H3. The lowest BCUT2D eigenvalue weighted by Crippen LogP contribution is -2.27. The molecular formula is C16H21NOS. The van der Waals surface area contributed by atoms with Crippen molar-refractivity contribution < 1.29 is 5.11 Å². The Balaban J connectivity index is 1.89. The molecule has 2 nitrogen and oxygen atoms in total. The predicted molar refractivity (Wildman–Crippen MR) is 81.9 cm³/mol. The maximum absolute atomic E-state index is 9.97. The van der Waals surface area contributed by atoms with Crippen molar-refractivity contribution in [1.29, 1.82) is 0 Å². The normalized spacial score (nSPS) is 12.6. The molecule has 3 heteroatoms. The minimum atomic E-state index is 0.401. The molecule has 19 heavy (non-hydrogen) atoms. The summed E-state index contributed by atoms with van der Waals surface area (Å²) in [4.78, 5) is 2.77. The van der Waals surface area contributed by atoms with Crippen molar-refractivity contribution in [2.24, 2.45) is 0 Å². The van der Waals surface area contributed by atoms with E-state index in [0.29, 0.717) is 18.3 Å². The van der Waals surface area contributed by atoms with Crippen LogP contribution in [0.15, 0.2) is 30.3 Å². The van der Waals surface area contributed by atoms with Crippen LogP contribution in [-0.2, 0) is 13.0 Å². The number of para-hydroxylation sites is 1. The first kappa shape index (κ1) is 14.1. The highest BCUT2D eigenvalue weighted by molar-refractivity contribution is 7.11. The van der Waals surface area contributed by atoms with Gasteiger partial charge in [0.05, 0.1) is 0 Å². The van der Waals surface area contributed by atoms with Gasteiger partial charge < -0.3 is 10.4 Å². The molecular weight excluding hydrogens is 254 g/mol. The van der Waals surface area contributed by atoms with Crippen LogP contribution in [0.2, 0.25) is 0 Å². The minimum Gasteiger partial charge on any atom is -0.507 e. The molecule has 0 fully saturated rings. The molecule has 1 aromatic heterocycles. The summed E-state index contributed by atoms with van der Waals surface area (Å²) in [5.41, 5.74) is 1.90. The van der Waals surface area contributed by atoms with Crippen LogP contribution in [0.3, 0.4) is 0 Å². The number of phenols is 1. The van der Waals surface area contributed by atoms with Gasteiger partial charge in [-0.3, -0.25) is 0 Å².